The molecular weight excluding hydrogens is 445 g/mol. The number of benzene rings is 1. The minimum absolute atomic E-state index is 0.0496. The van der Waals surface area contributed by atoms with Crippen molar-refractivity contribution >= 4 is 23.2 Å². The number of amides is 2. The molecule has 2 amide bonds. The summed E-state index contributed by atoms with van der Waals surface area (Å²) in [6.07, 6.45) is 6.67. The number of halogens is 1. The highest BCUT2D eigenvalue weighted by atomic mass is 19.1. The Labute approximate surface area is 204 Å². The van der Waals surface area contributed by atoms with Crippen LogP contribution in [0.2, 0.25) is 0 Å². The number of nitrogens with zero attached hydrogens (tertiary/aromatic N) is 3. The van der Waals surface area contributed by atoms with E-state index in [9.17, 15) is 14.0 Å². The summed E-state index contributed by atoms with van der Waals surface area (Å²) in [5.41, 5.74) is 3.99. The van der Waals surface area contributed by atoms with Gasteiger partial charge in [-0.2, -0.15) is 0 Å². The number of carbonyl (C=O) groups excluding carboxylic acids is 2. The zero-order valence-electron chi connectivity index (χ0n) is 19.6. The number of hydrogen-bond donors (Lipinski definition) is 2. The van der Waals surface area contributed by atoms with Gasteiger partial charge in [0.1, 0.15) is 11.6 Å². The molecule has 3 aromatic rings. The molecule has 0 saturated heterocycles. The van der Waals surface area contributed by atoms with Gasteiger partial charge in [-0.3, -0.25) is 14.6 Å². The van der Waals surface area contributed by atoms with E-state index in [-0.39, 0.29) is 17.6 Å². The second kappa shape index (κ2) is 11.4. The van der Waals surface area contributed by atoms with Crippen LogP contribution in [0, 0.1) is 5.82 Å². The highest BCUT2D eigenvalue weighted by Crippen LogP contribution is 2.24. The zero-order valence-corrected chi connectivity index (χ0v) is 19.6. The topological polar surface area (TPSA) is 87.2 Å². The van der Waals surface area contributed by atoms with Crippen molar-refractivity contribution in [3.63, 3.8) is 0 Å². The van der Waals surface area contributed by atoms with Gasteiger partial charge in [0, 0.05) is 45.5 Å². The van der Waals surface area contributed by atoms with E-state index in [0.717, 1.165) is 22.4 Å². The molecule has 7 nitrogen and oxygen atoms in total. The molecule has 0 radical (unpaired) electrons. The summed E-state index contributed by atoms with van der Waals surface area (Å²) in [5.74, 6) is -0.00504. The molecule has 0 spiro atoms. The molecule has 0 bridgehead atoms. The number of pyridine rings is 2. The van der Waals surface area contributed by atoms with Crippen LogP contribution in [0.1, 0.15) is 40.5 Å². The molecule has 1 aliphatic heterocycles. The standard InChI is InChI=1S/C27H28FN5O2/c1-19(34)33-14-10-22(11-15-33)25-8-7-24(27(35)31-18-21-5-3-12-29-17-21)26(32-25)30-13-9-20-4-2-6-23(28)16-20/h2-8,10,12,16-17H,9,11,13-15,18H2,1H3,(H,30,32)(H,31,35). The molecule has 8 heteroatoms. The van der Waals surface area contributed by atoms with E-state index in [2.05, 4.69) is 15.6 Å². The summed E-state index contributed by atoms with van der Waals surface area (Å²) in [6, 6.07) is 13.8. The lowest BCUT2D eigenvalue weighted by atomic mass is 10.0. The van der Waals surface area contributed by atoms with Gasteiger partial charge in [-0.25, -0.2) is 9.37 Å². The third-order valence-electron chi connectivity index (χ3n) is 5.89. The summed E-state index contributed by atoms with van der Waals surface area (Å²) in [5, 5.41) is 6.19. The van der Waals surface area contributed by atoms with E-state index in [1.165, 1.54) is 12.1 Å². The fourth-order valence-corrected chi connectivity index (χ4v) is 3.94. The molecule has 0 aliphatic carbocycles. The van der Waals surface area contributed by atoms with Crippen LogP contribution in [0.15, 0.2) is 67.0 Å². The highest BCUT2D eigenvalue weighted by molar-refractivity contribution is 5.99. The van der Waals surface area contributed by atoms with Crippen molar-refractivity contribution in [2.75, 3.05) is 25.0 Å². The molecule has 180 valence electrons. The monoisotopic (exact) mass is 473 g/mol. The van der Waals surface area contributed by atoms with Gasteiger partial charge in [-0.15, -0.1) is 0 Å². The number of carbonyl (C=O) groups is 2. The van der Waals surface area contributed by atoms with Gasteiger partial charge in [-0.05, 0) is 59.9 Å². The molecule has 1 aliphatic rings. The van der Waals surface area contributed by atoms with Gasteiger partial charge < -0.3 is 15.5 Å². The maximum atomic E-state index is 13.5. The molecule has 2 aromatic heterocycles. The molecular formula is C27H28FN5O2. The van der Waals surface area contributed by atoms with E-state index in [0.29, 0.717) is 50.4 Å². The molecule has 0 unspecified atom stereocenters. The predicted octanol–water partition coefficient (Wildman–Crippen LogP) is 3.84. The van der Waals surface area contributed by atoms with Crippen molar-refractivity contribution in [3.05, 3.63) is 95.2 Å². The lowest BCUT2D eigenvalue weighted by Gasteiger charge is -2.25. The van der Waals surface area contributed by atoms with Gasteiger partial charge >= 0.3 is 0 Å². The molecule has 35 heavy (non-hydrogen) atoms. The van der Waals surface area contributed by atoms with Gasteiger partial charge in [0.05, 0.1) is 11.3 Å². The SMILES string of the molecule is CC(=O)N1CC=C(c2ccc(C(=O)NCc3cccnc3)c(NCCc3cccc(F)c3)n2)CC1. The summed E-state index contributed by atoms with van der Waals surface area (Å²) >= 11 is 0. The van der Waals surface area contributed by atoms with Crippen molar-refractivity contribution in [1.29, 1.82) is 0 Å². The summed E-state index contributed by atoms with van der Waals surface area (Å²) in [7, 11) is 0. The number of hydrogen-bond acceptors (Lipinski definition) is 5. The van der Waals surface area contributed by atoms with Crippen molar-refractivity contribution in [2.45, 2.75) is 26.3 Å². The first-order chi connectivity index (χ1) is 17.0. The first-order valence-corrected chi connectivity index (χ1v) is 11.6. The van der Waals surface area contributed by atoms with Gasteiger partial charge in [0.15, 0.2) is 0 Å². The molecule has 1 aromatic carbocycles. The molecule has 0 atom stereocenters. The van der Waals surface area contributed by atoms with E-state index >= 15 is 0 Å². The average Bonchev–Trinajstić information content (AvgIpc) is 2.88. The lowest BCUT2D eigenvalue weighted by Crippen LogP contribution is -2.32. The quantitative estimate of drug-likeness (QED) is 0.519. The van der Waals surface area contributed by atoms with Crippen molar-refractivity contribution < 1.29 is 14.0 Å². The maximum absolute atomic E-state index is 13.5. The van der Waals surface area contributed by atoms with Gasteiger partial charge in [0.2, 0.25) is 5.91 Å². The van der Waals surface area contributed by atoms with Crippen molar-refractivity contribution in [1.82, 2.24) is 20.2 Å². The Morgan fingerprint density at radius 3 is 2.69 bits per heavy atom. The van der Waals surface area contributed by atoms with E-state index in [1.54, 1.807) is 36.4 Å². The third-order valence-corrected chi connectivity index (χ3v) is 5.89. The average molecular weight is 474 g/mol. The summed E-state index contributed by atoms with van der Waals surface area (Å²) in [4.78, 5) is 35.3. The first-order valence-electron chi connectivity index (χ1n) is 11.6. The minimum atomic E-state index is -0.276. The van der Waals surface area contributed by atoms with Crippen LogP contribution in [0.4, 0.5) is 10.2 Å². The molecule has 4 rings (SSSR count). The van der Waals surface area contributed by atoms with Crippen LogP contribution in [-0.4, -0.2) is 46.3 Å². The number of nitrogens with one attached hydrogen (secondary N) is 2. The van der Waals surface area contributed by atoms with Gasteiger partial charge in [0.25, 0.3) is 5.91 Å². The van der Waals surface area contributed by atoms with Crippen LogP contribution in [0.25, 0.3) is 5.57 Å². The normalized spacial score (nSPS) is 13.2. The van der Waals surface area contributed by atoms with Crippen LogP contribution >= 0.6 is 0 Å². The fraction of sp³-hybridized carbons (Fsp3) is 0.259. The summed E-state index contributed by atoms with van der Waals surface area (Å²) in [6.45, 7) is 3.58. The molecule has 0 fully saturated rings. The first kappa shape index (κ1) is 24.1. The van der Waals surface area contributed by atoms with Crippen LogP contribution in [0.3, 0.4) is 0 Å². The van der Waals surface area contributed by atoms with E-state index in [4.69, 9.17) is 4.98 Å². The Bertz CT molecular complexity index is 1230. The van der Waals surface area contributed by atoms with Crippen LogP contribution in [-0.2, 0) is 17.8 Å². The predicted molar refractivity (Wildman–Crippen MR) is 133 cm³/mol. The van der Waals surface area contributed by atoms with Crippen LogP contribution < -0.4 is 10.6 Å². The highest BCUT2D eigenvalue weighted by Gasteiger charge is 2.19. The van der Waals surface area contributed by atoms with Gasteiger partial charge in [-0.1, -0.05) is 24.3 Å². The number of aromatic nitrogens is 2. The largest absolute Gasteiger partial charge is 0.369 e. The van der Waals surface area contributed by atoms with E-state index in [1.807, 2.05) is 30.3 Å². The van der Waals surface area contributed by atoms with E-state index < -0.39 is 0 Å². The van der Waals surface area contributed by atoms with Crippen molar-refractivity contribution in [3.8, 4) is 0 Å². The Kier molecular flexibility index (Phi) is 7.82. The smallest absolute Gasteiger partial charge is 0.255 e. The lowest BCUT2D eigenvalue weighted by molar-refractivity contribution is -0.128. The number of anilines is 1. The minimum Gasteiger partial charge on any atom is -0.369 e. The third kappa shape index (κ3) is 6.50. The number of rotatable bonds is 8. The fourth-order valence-electron chi connectivity index (χ4n) is 3.94. The van der Waals surface area contributed by atoms with Crippen LogP contribution in [0.5, 0.6) is 0 Å². The summed E-state index contributed by atoms with van der Waals surface area (Å²) < 4.78 is 13.5. The molecule has 0 saturated carbocycles. The second-order valence-corrected chi connectivity index (χ2v) is 8.39. The Hall–Kier alpha value is -4.07. The molecule has 2 N–H and O–H groups in total. The Morgan fingerprint density at radius 2 is 1.97 bits per heavy atom. The second-order valence-electron chi connectivity index (χ2n) is 8.39. The maximum Gasteiger partial charge on any atom is 0.255 e. The zero-order chi connectivity index (χ0) is 24.6. The molecule has 3 heterocycles. The Balaban J connectivity index is 1.52. The van der Waals surface area contributed by atoms with Crippen molar-refractivity contribution in [2.24, 2.45) is 0 Å². The Morgan fingerprint density at radius 1 is 1.11 bits per heavy atom.